The van der Waals surface area contributed by atoms with Crippen molar-refractivity contribution in [2.45, 2.75) is 3.86 Å². The van der Waals surface area contributed by atoms with Crippen LogP contribution >= 0.6 is 31.9 Å². The Bertz CT molecular complexity index is 186. The Labute approximate surface area is 77.1 Å². The standard InChI is InChI=1S/C7H7Br2N/c8-7(9)10-6-4-2-1-3-5-6/h1-5,7,10H. The van der Waals surface area contributed by atoms with Crippen LogP contribution in [-0.4, -0.2) is 3.86 Å². The first kappa shape index (κ1) is 8.08. The summed E-state index contributed by atoms with van der Waals surface area (Å²) < 4.78 is 0.141. The highest BCUT2D eigenvalue weighted by molar-refractivity contribution is 9.24. The molecule has 0 atom stereocenters. The summed E-state index contributed by atoms with van der Waals surface area (Å²) in [5, 5.41) is 3.14. The summed E-state index contributed by atoms with van der Waals surface area (Å²) in [7, 11) is 0. The Morgan fingerprint density at radius 1 is 1.10 bits per heavy atom. The van der Waals surface area contributed by atoms with Crippen molar-refractivity contribution >= 4 is 37.5 Å². The van der Waals surface area contributed by atoms with Gasteiger partial charge in [0.15, 0.2) is 0 Å². The molecule has 0 heterocycles. The molecular formula is C7H7Br2N. The Balaban J connectivity index is 2.59. The van der Waals surface area contributed by atoms with Crippen LogP contribution in [0.2, 0.25) is 0 Å². The average Bonchev–Trinajstić information content (AvgIpc) is 1.88. The van der Waals surface area contributed by atoms with Crippen LogP contribution in [0.5, 0.6) is 0 Å². The molecule has 0 aliphatic rings. The van der Waals surface area contributed by atoms with Gasteiger partial charge in [-0.2, -0.15) is 0 Å². The van der Waals surface area contributed by atoms with E-state index in [1.807, 2.05) is 30.3 Å². The zero-order chi connectivity index (χ0) is 7.40. The minimum Gasteiger partial charge on any atom is -0.364 e. The molecule has 0 saturated heterocycles. The number of alkyl halides is 2. The Kier molecular flexibility index (Phi) is 3.22. The first-order chi connectivity index (χ1) is 4.79. The molecule has 1 rings (SSSR count). The molecule has 10 heavy (non-hydrogen) atoms. The van der Waals surface area contributed by atoms with Gasteiger partial charge in [-0.25, -0.2) is 0 Å². The second-order valence-electron chi connectivity index (χ2n) is 1.81. The highest BCUT2D eigenvalue weighted by Gasteiger charge is 1.93. The number of hydrogen-bond acceptors (Lipinski definition) is 1. The van der Waals surface area contributed by atoms with Gasteiger partial charge in [-0.15, -0.1) is 0 Å². The topological polar surface area (TPSA) is 12.0 Å². The summed E-state index contributed by atoms with van der Waals surface area (Å²) in [6.07, 6.45) is 0. The van der Waals surface area contributed by atoms with Crippen molar-refractivity contribution < 1.29 is 0 Å². The van der Waals surface area contributed by atoms with E-state index in [4.69, 9.17) is 0 Å². The van der Waals surface area contributed by atoms with Crippen LogP contribution in [0.1, 0.15) is 0 Å². The number of hydrogen-bond donors (Lipinski definition) is 1. The van der Waals surface area contributed by atoms with Gasteiger partial charge < -0.3 is 5.32 Å². The number of nitrogens with one attached hydrogen (secondary N) is 1. The molecule has 0 unspecified atom stereocenters. The van der Waals surface area contributed by atoms with Crippen LogP contribution in [-0.2, 0) is 0 Å². The summed E-state index contributed by atoms with van der Waals surface area (Å²) in [6, 6.07) is 9.99. The van der Waals surface area contributed by atoms with Crippen LogP contribution < -0.4 is 5.32 Å². The summed E-state index contributed by atoms with van der Waals surface area (Å²) in [6.45, 7) is 0. The lowest BCUT2D eigenvalue weighted by Gasteiger charge is -2.05. The molecule has 0 aromatic heterocycles. The van der Waals surface area contributed by atoms with E-state index in [-0.39, 0.29) is 3.86 Å². The molecule has 1 aromatic rings. The molecule has 1 nitrogen and oxygen atoms in total. The van der Waals surface area contributed by atoms with Crippen LogP contribution in [0, 0.1) is 0 Å². The molecule has 54 valence electrons. The minimum atomic E-state index is 0.141. The molecule has 0 spiro atoms. The van der Waals surface area contributed by atoms with E-state index < -0.39 is 0 Å². The fourth-order valence-corrected chi connectivity index (χ4v) is 1.19. The summed E-state index contributed by atoms with van der Waals surface area (Å²) >= 11 is 6.63. The molecule has 0 fully saturated rings. The van der Waals surface area contributed by atoms with E-state index in [2.05, 4.69) is 37.2 Å². The first-order valence-electron chi connectivity index (χ1n) is 2.89. The van der Waals surface area contributed by atoms with Gasteiger partial charge >= 0.3 is 0 Å². The maximum Gasteiger partial charge on any atom is 0.138 e. The van der Waals surface area contributed by atoms with Crippen LogP contribution in [0.15, 0.2) is 30.3 Å². The van der Waals surface area contributed by atoms with Gasteiger partial charge in [0.1, 0.15) is 3.86 Å². The van der Waals surface area contributed by atoms with Crippen LogP contribution in [0.25, 0.3) is 0 Å². The normalized spacial score (nSPS) is 9.90. The van der Waals surface area contributed by atoms with Crippen molar-refractivity contribution in [1.82, 2.24) is 0 Å². The quantitative estimate of drug-likeness (QED) is 0.639. The van der Waals surface area contributed by atoms with Gasteiger partial charge in [-0.05, 0) is 12.1 Å². The zero-order valence-electron chi connectivity index (χ0n) is 5.22. The molecule has 0 aliphatic heterocycles. The third-order valence-electron chi connectivity index (χ3n) is 1.05. The number of para-hydroxylation sites is 1. The third-order valence-corrected chi connectivity index (χ3v) is 1.51. The highest BCUT2D eigenvalue weighted by atomic mass is 79.9. The van der Waals surface area contributed by atoms with Crippen LogP contribution in [0.4, 0.5) is 5.69 Å². The zero-order valence-corrected chi connectivity index (χ0v) is 8.39. The van der Waals surface area contributed by atoms with E-state index in [0.29, 0.717) is 0 Å². The molecule has 0 amide bonds. The van der Waals surface area contributed by atoms with Crippen molar-refractivity contribution in [2.24, 2.45) is 0 Å². The summed E-state index contributed by atoms with van der Waals surface area (Å²) in [5.74, 6) is 0. The third kappa shape index (κ3) is 2.71. The summed E-state index contributed by atoms with van der Waals surface area (Å²) in [4.78, 5) is 0. The summed E-state index contributed by atoms with van der Waals surface area (Å²) in [5.41, 5.74) is 1.10. The molecule has 1 aromatic carbocycles. The number of halogens is 2. The largest absolute Gasteiger partial charge is 0.364 e. The van der Waals surface area contributed by atoms with E-state index in [1.165, 1.54) is 0 Å². The van der Waals surface area contributed by atoms with Crippen molar-refractivity contribution in [3.63, 3.8) is 0 Å². The SMILES string of the molecule is BrC(Br)Nc1ccccc1. The van der Waals surface area contributed by atoms with Crippen LogP contribution in [0.3, 0.4) is 0 Å². The number of rotatable bonds is 2. The monoisotopic (exact) mass is 263 g/mol. The minimum absolute atomic E-state index is 0.141. The smallest absolute Gasteiger partial charge is 0.138 e. The molecule has 0 bridgehead atoms. The molecule has 1 N–H and O–H groups in total. The first-order valence-corrected chi connectivity index (χ1v) is 4.72. The van der Waals surface area contributed by atoms with Gasteiger partial charge in [-0.1, -0.05) is 50.1 Å². The second kappa shape index (κ2) is 3.98. The fourth-order valence-electron chi connectivity index (χ4n) is 0.660. The maximum atomic E-state index is 3.32. The Morgan fingerprint density at radius 3 is 2.20 bits per heavy atom. The molecular weight excluding hydrogens is 258 g/mol. The average molecular weight is 265 g/mol. The Morgan fingerprint density at radius 2 is 1.70 bits per heavy atom. The predicted molar refractivity (Wildman–Crippen MR) is 51.7 cm³/mol. The van der Waals surface area contributed by atoms with E-state index in [0.717, 1.165) is 5.69 Å². The van der Waals surface area contributed by atoms with Gasteiger partial charge in [0.2, 0.25) is 0 Å². The van der Waals surface area contributed by atoms with Crippen molar-refractivity contribution in [3.8, 4) is 0 Å². The molecule has 3 heteroatoms. The van der Waals surface area contributed by atoms with Gasteiger partial charge in [0.05, 0.1) is 0 Å². The molecule has 0 radical (unpaired) electrons. The maximum absolute atomic E-state index is 3.32. The fraction of sp³-hybridized carbons (Fsp3) is 0.143. The van der Waals surface area contributed by atoms with Gasteiger partial charge in [0.25, 0.3) is 0 Å². The van der Waals surface area contributed by atoms with Crippen molar-refractivity contribution in [1.29, 1.82) is 0 Å². The van der Waals surface area contributed by atoms with E-state index in [1.54, 1.807) is 0 Å². The van der Waals surface area contributed by atoms with E-state index in [9.17, 15) is 0 Å². The Hall–Kier alpha value is -0.0200. The number of benzene rings is 1. The van der Waals surface area contributed by atoms with Crippen molar-refractivity contribution in [3.05, 3.63) is 30.3 Å². The highest BCUT2D eigenvalue weighted by Crippen LogP contribution is 2.13. The predicted octanol–water partition coefficient (Wildman–Crippen LogP) is 3.17. The van der Waals surface area contributed by atoms with Gasteiger partial charge in [-0.3, -0.25) is 0 Å². The number of anilines is 1. The van der Waals surface area contributed by atoms with E-state index >= 15 is 0 Å². The second-order valence-corrected chi connectivity index (χ2v) is 4.87. The van der Waals surface area contributed by atoms with Gasteiger partial charge in [0, 0.05) is 5.69 Å². The molecule has 0 saturated carbocycles. The lowest BCUT2D eigenvalue weighted by molar-refractivity contribution is 1.43. The molecule has 0 aliphatic carbocycles. The van der Waals surface area contributed by atoms with Crippen molar-refractivity contribution in [2.75, 3.05) is 5.32 Å². The lowest BCUT2D eigenvalue weighted by atomic mass is 10.3. The lowest BCUT2D eigenvalue weighted by Crippen LogP contribution is -2.01.